The van der Waals surface area contributed by atoms with Crippen LogP contribution in [-0.2, 0) is 17.6 Å². The van der Waals surface area contributed by atoms with Gasteiger partial charge in [-0.1, -0.05) is 12.8 Å². The maximum absolute atomic E-state index is 12.7. The molecule has 5 rings (SSSR count). The zero-order valence-electron chi connectivity index (χ0n) is 16.1. The first-order chi connectivity index (χ1) is 13.6. The number of hydrogen-bond donors (Lipinski definition) is 2. The Morgan fingerprint density at radius 1 is 1.18 bits per heavy atom. The zero-order valence-corrected chi connectivity index (χ0v) is 17.0. The lowest BCUT2D eigenvalue weighted by Gasteiger charge is -2.20. The smallest absolute Gasteiger partial charge is 0.325 e. The van der Waals surface area contributed by atoms with E-state index in [2.05, 4.69) is 20.6 Å². The average molecular weight is 400 g/mol. The molecule has 2 aromatic heterocycles. The van der Waals surface area contributed by atoms with Crippen LogP contribution in [0.25, 0.3) is 10.2 Å². The molecular weight excluding hydrogens is 374 g/mol. The normalized spacial score (nSPS) is 20.4. The van der Waals surface area contributed by atoms with E-state index >= 15 is 0 Å². The molecule has 0 aromatic carbocycles. The fourth-order valence-corrected chi connectivity index (χ4v) is 6.18. The molecule has 1 saturated heterocycles. The lowest BCUT2D eigenvalue weighted by atomic mass is 9.98. The molecule has 0 atom stereocenters. The van der Waals surface area contributed by atoms with Gasteiger partial charge in [-0.3, -0.25) is 9.69 Å². The van der Waals surface area contributed by atoms with E-state index in [-0.39, 0.29) is 11.9 Å². The lowest BCUT2D eigenvalue weighted by molar-refractivity contribution is -0.131. The number of nitrogens with zero attached hydrogens (tertiary/aromatic N) is 3. The van der Waals surface area contributed by atoms with Crippen LogP contribution in [0.5, 0.6) is 0 Å². The molecule has 3 heterocycles. The number of fused-ring (bicyclic) bond motifs is 3. The Hall–Kier alpha value is -2.22. The highest BCUT2D eigenvalue weighted by Gasteiger charge is 2.51. The standard InChI is InChI=1S/C20H25N5O2S/c1-12-22-16(15-13-6-4-7-14(13)28-17(15)23-12)21-10-5-11-25-18(26)20(24-19(25)27)8-2-3-9-20/h2-11H2,1H3,(H,24,27)(H,21,22,23). The van der Waals surface area contributed by atoms with Crippen molar-refractivity contribution >= 4 is 39.3 Å². The third-order valence-corrected chi connectivity index (χ3v) is 7.42. The van der Waals surface area contributed by atoms with Gasteiger partial charge in [0.25, 0.3) is 5.91 Å². The van der Waals surface area contributed by atoms with Gasteiger partial charge in [-0.05, 0) is 51.0 Å². The molecule has 8 heteroatoms. The number of aromatic nitrogens is 2. The molecule has 28 heavy (non-hydrogen) atoms. The molecule has 1 aliphatic heterocycles. The highest BCUT2D eigenvalue weighted by molar-refractivity contribution is 7.19. The van der Waals surface area contributed by atoms with Crippen LogP contribution in [0.1, 0.15) is 54.8 Å². The second-order valence-electron chi connectivity index (χ2n) is 8.11. The number of rotatable bonds is 5. The quantitative estimate of drug-likeness (QED) is 0.596. The van der Waals surface area contributed by atoms with Crippen LogP contribution in [0.3, 0.4) is 0 Å². The Morgan fingerprint density at radius 2 is 2.00 bits per heavy atom. The van der Waals surface area contributed by atoms with E-state index < -0.39 is 5.54 Å². The van der Waals surface area contributed by atoms with Gasteiger partial charge in [0.1, 0.15) is 22.0 Å². The Labute approximate surface area is 167 Å². The minimum Gasteiger partial charge on any atom is -0.369 e. The first kappa shape index (κ1) is 17.8. The SMILES string of the molecule is Cc1nc(NCCCN2C(=O)NC3(CCCC3)C2=O)c2c3c(sc2n1)CCC3. The monoisotopic (exact) mass is 399 g/mol. The molecule has 1 spiro atoms. The van der Waals surface area contributed by atoms with Crippen LogP contribution < -0.4 is 10.6 Å². The molecule has 0 unspecified atom stereocenters. The Bertz CT molecular complexity index is 963. The maximum Gasteiger partial charge on any atom is 0.325 e. The summed E-state index contributed by atoms with van der Waals surface area (Å²) in [5, 5.41) is 7.56. The van der Waals surface area contributed by atoms with Crippen molar-refractivity contribution in [1.29, 1.82) is 0 Å². The summed E-state index contributed by atoms with van der Waals surface area (Å²) >= 11 is 1.79. The summed E-state index contributed by atoms with van der Waals surface area (Å²) < 4.78 is 0. The molecule has 3 amide bonds. The summed E-state index contributed by atoms with van der Waals surface area (Å²) in [5.41, 5.74) is 0.789. The van der Waals surface area contributed by atoms with Crippen molar-refractivity contribution in [2.45, 2.75) is 63.8 Å². The van der Waals surface area contributed by atoms with E-state index in [1.165, 1.54) is 27.1 Å². The number of anilines is 1. The molecule has 2 aliphatic carbocycles. The van der Waals surface area contributed by atoms with E-state index in [9.17, 15) is 9.59 Å². The number of hydrogen-bond acceptors (Lipinski definition) is 6. The summed E-state index contributed by atoms with van der Waals surface area (Å²) in [7, 11) is 0. The Kier molecular flexibility index (Phi) is 4.26. The van der Waals surface area contributed by atoms with Crippen molar-refractivity contribution < 1.29 is 9.59 Å². The van der Waals surface area contributed by atoms with Crippen molar-refractivity contribution in [3.05, 3.63) is 16.3 Å². The second-order valence-corrected chi connectivity index (χ2v) is 9.20. The van der Waals surface area contributed by atoms with Crippen LogP contribution in [0.4, 0.5) is 10.6 Å². The topological polar surface area (TPSA) is 87.2 Å². The molecule has 148 valence electrons. The number of nitrogens with one attached hydrogen (secondary N) is 2. The zero-order chi connectivity index (χ0) is 19.3. The minimum atomic E-state index is -0.613. The van der Waals surface area contributed by atoms with Crippen molar-refractivity contribution in [2.24, 2.45) is 0 Å². The van der Waals surface area contributed by atoms with Gasteiger partial charge in [0, 0.05) is 18.0 Å². The number of amides is 3. The van der Waals surface area contributed by atoms with Gasteiger partial charge >= 0.3 is 6.03 Å². The summed E-state index contributed by atoms with van der Waals surface area (Å²) in [5.74, 6) is 1.63. The van der Waals surface area contributed by atoms with Crippen molar-refractivity contribution in [3.8, 4) is 0 Å². The van der Waals surface area contributed by atoms with Crippen LogP contribution in [0, 0.1) is 6.92 Å². The predicted molar refractivity (Wildman–Crippen MR) is 109 cm³/mol. The molecule has 2 fully saturated rings. The van der Waals surface area contributed by atoms with Crippen LogP contribution in [0.15, 0.2) is 0 Å². The number of carbonyl (C=O) groups is 2. The first-order valence-electron chi connectivity index (χ1n) is 10.2. The largest absolute Gasteiger partial charge is 0.369 e. The summed E-state index contributed by atoms with van der Waals surface area (Å²) in [6.45, 7) is 3.03. The van der Waals surface area contributed by atoms with E-state index in [1.807, 2.05) is 6.92 Å². The van der Waals surface area contributed by atoms with Crippen LogP contribution in [0.2, 0.25) is 0 Å². The average Bonchev–Trinajstić information content (AvgIpc) is 3.39. The molecule has 0 bridgehead atoms. The number of thiophene rings is 1. The Balaban J connectivity index is 1.26. The van der Waals surface area contributed by atoms with Gasteiger partial charge < -0.3 is 10.6 Å². The number of urea groups is 1. The van der Waals surface area contributed by atoms with Crippen LogP contribution in [-0.4, -0.2) is 45.4 Å². The van der Waals surface area contributed by atoms with E-state index in [0.29, 0.717) is 19.5 Å². The molecule has 2 aromatic rings. The highest BCUT2D eigenvalue weighted by Crippen LogP contribution is 2.39. The molecule has 3 aliphatic rings. The van der Waals surface area contributed by atoms with Gasteiger partial charge in [0.15, 0.2) is 0 Å². The summed E-state index contributed by atoms with van der Waals surface area (Å²) in [4.78, 5) is 38.2. The molecule has 2 N–H and O–H groups in total. The fraction of sp³-hybridized carbons (Fsp3) is 0.600. The van der Waals surface area contributed by atoms with Gasteiger partial charge in [-0.2, -0.15) is 0 Å². The summed E-state index contributed by atoms with van der Waals surface area (Å²) in [6.07, 6.45) is 7.71. The minimum absolute atomic E-state index is 0.0362. The van der Waals surface area contributed by atoms with Gasteiger partial charge in [0.05, 0.1) is 5.39 Å². The third kappa shape index (κ3) is 2.77. The number of aryl methyl sites for hydroxylation is 3. The van der Waals surface area contributed by atoms with Gasteiger partial charge in [-0.15, -0.1) is 11.3 Å². The third-order valence-electron chi connectivity index (χ3n) is 6.23. The Morgan fingerprint density at radius 3 is 2.82 bits per heavy atom. The lowest BCUT2D eigenvalue weighted by Crippen LogP contribution is -2.44. The fourth-order valence-electron chi connectivity index (χ4n) is 4.87. The van der Waals surface area contributed by atoms with Gasteiger partial charge in [0.2, 0.25) is 0 Å². The molecule has 0 radical (unpaired) electrons. The summed E-state index contributed by atoms with van der Waals surface area (Å²) in [6, 6.07) is -0.233. The number of carbonyl (C=O) groups excluding carboxylic acids is 2. The highest BCUT2D eigenvalue weighted by atomic mass is 32.1. The predicted octanol–water partition coefficient (Wildman–Crippen LogP) is 3.16. The van der Waals surface area contributed by atoms with Crippen molar-refractivity contribution in [2.75, 3.05) is 18.4 Å². The van der Waals surface area contributed by atoms with E-state index in [4.69, 9.17) is 0 Å². The number of imide groups is 1. The molecule has 1 saturated carbocycles. The van der Waals surface area contributed by atoms with E-state index in [0.717, 1.165) is 55.0 Å². The first-order valence-corrected chi connectivity index (χ1v) is 11.1. The van der Waals surface area contributed by atoms with Crippen molar-refractivity contribution in [1.82, 2.24) is 20.2 Å². The molecule has 7 nitrogen and oxygen atoms in total. The van der Waals surface area contributed by atoms with Gasteiger partial charge in [-0.25, -0.2) is 14.8 Å². The van der Waals surface area contributed by atoms with E-state index in [1.54, 1.807) is 11.3 Å². The van der Waals surface area contributed by atoms with Crippen LogP contribution >= 0.6 is 11.3 Å². The second kappa shape index (κ2) is 6.69. The van der Waals surface area contributed by atoms with Crippen molar-refractivity contribution in [3.63, 3.8) is 0 Å². The molecular formula is C20H25N5O2S. The maximum atomic E-state index is 12.7.